The number of amides is 1. The maximum absolute atomic E-state index is 12.1. The number of hydrogen-bond acceptors (Lipinski definition) is 7. The van der Waals surface area contributed by atoms with Gasteiger partial charge in [-0.3, -0.25) is 4.79 Å². The number of nitrogens with zero attached hydrogens (tertiary/aromatic N) is 4. The molecular weight excluding hydrogens is 472 g/mol. The Hall–Kier alpha value is -3.64. The van der Waals surface area contributed by atoms with Gasteiger partial charge in [-0.05, 0) is 25.0 Å². The minimum atomic E-state index is -2.28. The summed E-state index contributed by atoms with van der Waals surface area (Å²) in [4.78, 5) is 24.2. The van der Waals surface area contributed by atoms with E-state index in [2.05, 4.69) is 30.7 Å². The Morgan fingerprint density at radius 1 is 1.33 bits per heavy atom. The first-order valence-electron chi connectivity index (χ1n) is 11.7. The van der Waals surface area contributed by atoms with E-state index in [0.717, 1.165) is 41.1 Å². The van der Waals surface area contributed by atoms with Gasteiger partial charge in [-0.25, -0.2) is 18.7 Å². The predicted octanol–water partition coefficient (Wildman–Crippen LogP) is 3.25. The minimum Gasteiger partial charge on any atom is -0.391 e. The molecule has 1 unspecified atom stereocenters. The van der Waals surface area contributed by atoms with Crippen LogP contribution in [0.3, 0.4) is 0 Å². The molecule has 1 aliphatic carbocycles. The quantitative estimate of drug-likeness (QED) is 0.339. The first-order valence-corrected chi connectivity index (χ1v) is 11.7. The van der Waals surface area contributed by atoms with E-state index >= 15 is 0 Å². The topological polar surface area (TPSA) is 129 Å². The van der Waals surface area contributed by atoms with Crippen LogP contribution in [-0.4, -0.2) is 74.9 Å². The van der Waals surface area contributed by atoms with Crippen LogP contribution in [0.1, 0.15) is 36.0 Å². The Morgan fingerprint density at radius 3 is 2.67 bits per heavy atom. The van der Waals surface area contributed by atoms with Crippen LogP contribution in [0.15, 0.2) is 36.8 Å². The molecule has 5 heterocycles. The SMILES string of the molecule is CNC(=O)c1cnn2c(NC)cc(-c3c[nH]c4ncccc34)nc12.FC1(F)CCC1.OC1CCOC1. The van der Waals surface area contributed by atoms with Crippen molar-refractivity contribution in [1.82, 2.24) is 29.9 Å². The number of pyridine rings is 1. The molecule has 1 saturated heterocycles. The third-order valence-corrected chi connectivity index (χ3v) is 5.92. The summed E-state index contributed by atoms with van der Waals surface area (Å²) in [6.45, 7) is 1.28. The normalized spacial score (nSPS) is 18.0. The van der Waals surface area contributed by atoms with Crippen LogP contribution < -0.4 is 10.6 Å². The summed E-state index contributed by atoms with van der Waals surface area (Å²) in [5, 5.41) is 19.5. The van der Waals surface area contributed by atoms with Gasteiger partial charge in [0.2, 0.25) is 5.92 Å². The number of alkyl halides is 2. The smallest absolute Gasteiger partial charge is 0.256 e. The third-order valence-electron chi connectivity index (χ3n) is 5.92. The van der Waals surface area contributed by atoms with Crippen molar-refractivity contribution in [2.24, 2.45) is 0 Å². The fourth-order valence-corrected chi connectivity index (χ4v) is 3.71. The van der Waals surface area contributed by atoms with E-state index in [1.807, 2.05) is 24.4 Å². The molecule has 2 fully saturated rings. The highest BCUT2D eigenvalue weighted by Crippen LogP contribution is 2.36. The highest BCUT2D eigenvalue weighted by Gasteiger charge is 2.36. The Labute approximate surface area is 206 Å². The van der Waals surface area contributed by atoms with Crippen LogP contribution in [-0.2, 0) is 4.74 Å². The van der Waals surface area contributed by atoms with Gasteiger partial charge in [0.1, 0.15) is 17.0 Å². The lowest BCUT2D eigenvalue weighted by Crippen LogP contribution is -2.24. The highest BCUT2D eigenvalue weighted by atomic mass is 19.3. The van der Waals surface area contributed by atoms with E-state index in [1.165, 1.54) is 6.20 Å². The van der Waals surface area contributed by atoms with Crippen molar-refractivity contribution in [3.63, 3.8) is 0 Å². The average Bonchev–Trinajstić information content (AvgIpc) is 3.62. The summed E-state index contributed by atoms with van der Waals surface area (Å²) in [7, 11) is 3.39. The van der Waals surface area contributed by atoms with Crippen LogP contribution in [0, 0.1) is 0 Å². The molecule has 1 saturated carbocycles. The van der Waals surface area contributed by atoms with Crippen molar-refractivity contribution in [1.29, 1.82) is 0 Å². The molecule has 10 nitrogen and oxygen atoms in total. The number of ether oxygens (including phenoxy) is 1. The lowest BCUT2D eigenvalue weighted by Gasteiger charge is -2.23. The Bertz CT molecular complexity index is 1330. The summed E-state index contributed by atoms with van der Waals surface area (Å²) in [5.41, 5.74) is 3.36. The van der Waals surface area contributed by atoms with Gasteiger partial charge in [0.15, 0.2) is 5.65 Å². The second-order valence-corrected chi connectivity index (χ2v) is 8.48. The second-order valence-electron chi connectivity index (χ2n) is 8.48. The molecule has 12 heteroatoms. The zero-order chi connectivity index (χ0) is 25.7. The number of hydrogen-bond donors (Lipinski definition) is 4. The number of rotatable bonds is 3. The first-order chi connectivity index (χ1) is 17.3. The molecule has 6 rings (SSSR count). The number of H-pyrrole nitrogens is 1. The second kappa shape index (κ2) is 11.0. The number of aromatic amines is 1. The van der Waals surface area contributed by atoms with Gasteiger partial charge < -0.3 is 25.5 Å². The molecule has 4 aromatic heterocycles. The number of carbonyl (C=O) groups excluding carboxylic acids is 1. The largest absolute Gasteiger partial charge is 0.391 e. The zero-order valence-electron chi connectivity index (χ0n) is 20.1. The lowest BCUT2D eigenvalue weighted by molar-refractivity contribution is -0.0717. The van der Waals surface area contributed by atoms with Gasteiger partial charge in [0.05, 0.1) is 24.6 Å². The van der Waals surface area contributed by atoms with Gasteiger partial charge in [0.25, 0.3) is 5.91 Å². The molecule has 4 N–H and O–H groups in total. The van der Waals surface area contributed by atoms with E-state index in [0.29, 0.717) is 24.2 Å². The van der Waals surface area contributed by atoms with E-state index in [4.69, 9.17) is 9.84 Å². The van der Waals surface area contributed by atoms with Crippen molar-refractivity contribution >= 4 is 28.4 Å². The molecule has 2 aliphatic rings. The number of aliphatic hydroxyl groups excluding tert-OH is 1. The van der Waals surface area contributed by atoms with Crippen LogP contribution >= 0.6 is 0 Å². The average molecular weight is 502 g/mol. The fourth-order valence-electron chi connectivity index (χ4n) is 3.71. The van der Waals surface area contributed by atoms with Gasteiger partial charge >= 0.3 is 0 Å². The molecular formula is C24H29F2N7O3. The summed E-state index contributed by atoms with van der Waals surface area (Å²) in [5.74, 6) is -1.76. The standard InChI is InChI=1S/C16H15N7O.C4H6F2.C4H8O2/c1-17-13-6-12(10-7-20-14-9(10)4-3-5-19-14)22-15-11(16(24)18-2)8-21-23(13)15;5-4(6)2-1-3-4;5-4-1-2-6-3-4/h3-8,17H,1-2H3,(H,18,24)(H,19,20);1-3H2;4-5H,1-3H2. The fraction of sp³-hybridized carbons (Fsp3) is 0.417. The minimum absolute atomic E-state index is 0.118. The van der Waals surface area contributed by atoms with Crippen LogP contribution in [0.5, 0.6) is 0 Å². The molecule has 1 atom stereocenters. The predicted molar refractivity (Wildman–Crippen MR) is 131 cm³/mol. The summed E-state index contributed by atoms with van der Waals surface area (Å²) in [6, 6.07) is 5.75. The molecule has 4 aromatic rings. The zero-order valence-corrected chi connectivity index (χ0v) is 20.1. The van der Waals surface area contributed by atoms with Crippen molar-refractivity contribution in [2.45, 2.75) is 37.7 Å². The number of carbonyl (C=O) groups is 1. The molecule has 1 aliphatic heterocycles. The molecule has 0 aromatic carbocycles. The number of anilines is 1. The lowest BCUT2D eigenvalue weighted by atomic mass is 9.95. The number of fused-ring (bicyclic) bond motifs is 2. The monoisotopic (exact) mass is 501 g/mol. The van der Waals surface area contributed by atoms with E-state index in [-0.39, 0.29) is 24.9 Å². The molecule has 36 heavy (non-hydrogen) atoms. The number of aromatic nitrogens is 5. The first kappa shape index (κ1) is 25.5. The molecule has 0 radical (unpaired) electrons. The van der Waals surface area contributed by atoms with Crippen molar-refractivity contribution in [3.05, 3.63) is 42.4 Å². The van der Waals surface area contributed by atoms with Gasteiger partial charge in [0, 0.05) is 63.0 Å². The van der Waals surface area contributed by atoms with Gasteiger partial charge in [-0.1, -0.05) is 0 Å². The summed E-state index contributed by atoms with van der Waals surface area (Å²) >= 11 is 0. The Morgan fingerprint density at radius 2 is 2.11 bits per heavy atom. The maximum Gasteiger partial charge on any atom is 0.256 e. The van der Waals surface area contributed by atoms with Crippen molar-refractivity contribution in [2.75, 3.05) is 32.6 Å². The van der Waals surface area contributed by atoms with Crippen molar-refractivity contribution in [3.8, 4) is 11.3 Å². The molecule has 0 spiro atoms. The summed E-state index contributed by atoms with van der Waals surface area (Å²) in [6.07, 6.45) is 6.71. The summed E-state index contributed by atoms with van der Waals surface area (Å²) < 4.78 is 29.5. The van der Waals surface area contributed by atoms with Crippen LogP contribution in [0.2, 0.25) is 0 Å². The maximum atomic E-state index is 12.1. The number of nitrogens with one attached hydrogen (secondary N) is 3. The van der Waals surface area contributed by atoms with Gasteiger partial charge in [-0.2, -0.15) is 9.61 Å². The van der Waals surface area contributed by atoms with Crippen molar-refractivity contribution < 1.29 is 23.4 Å². The van der Waals surface area contributed by atoms with Crippen LogP contribution in [0.4, 0.5) is 14.6 Å². The van der Waals surface area contributed by atoms with Gasteiger partial charge in [-0.15, -0.1) is 0 Å². The number of halogens is 2. The third kappa shape index (κ3) is 5.60. The number of aliphatic hydroxyl groups is 1. The molecule has 0 bridgehead atoms. The van der Waals surface area contributed by atoms with Crippen LogP contribution in [0.25, 0.3) is 27.9 Å². The Balaban J connectivity index is 0.000000207. The highest BCUT2D eigenvalue weighted by molar-refractivity contribution is 6.00. The molecule has 1 amide bonds. The molecule has 192 valence electrons. The van der Waals surface area contributed by atoms with E-state index in [9.17, 15) is 13.6 Å². The van der Waals surface area contributed by atoms with E-state index in [1.54, 1.807) is 24.8 Å². The van der Waals surface area contributed by atoms with E-state index < -0.39 is 5.92 Å². The Kier molecular flexibility index (Phi) is 7.75.